The summed E-state index contributed by atoms with van der Waals surface area (Å²) in [4.78, 5) is 8.83. The Morgan fingerprint density at radius 1 is 1.43 bits per heavy atom. The van der Waals surface area contributed by atoms with E-state index in [1.165, 1.54) is 15.6 Å². The van der Waals surface area contributed by atoms with E-state index in [2.05, 4.69) is 15.3 Å². The van der Waals surface area contributed by atoms with E-state index >= 15 is 0 Å². The molecule has 23 heavy (non-hydrogen) atoms. The number of morpholine rings is 1. The van der Waals surface area contributed by atoms with Crippen LogP contribution in [-0.2, 0) is 14.8 Å². The van der Waals surface area contributed by atoms with Crippen LogP contribution in [0.3, 0.4) is 0 Å². The second kappa shape index (κ2) is 6.52. The van der Waals surface area contributed by atoms with Gasteiger partial charge in [0.05, 0.1) is 13.2 Å². The number of hydrogen-bond acceptors (Lipinski definition) is 7. The first-order valence-corrected chi connectivity index (χ1v) is 9.51. The average Bonchev–Trinajstić information content (AvgIpc) is 3.09. The number of thiophene rings is 1. The first-order chi connectivity index (χ1) is 11.0. The van der Waals surface area contributed by atoms with Crippen molar-refractivity contribution in [3.63, 3.8) is 0 Å². The predicted octanol–water partition coefficient (Wildman–Crippen LogP) is 1.65. The van der Waals surface area contributed by atoms with Crippen LogP contribution < -0.4 is 5.32 Å². The summed E-state index contributed by atoms with van der Waals surface area (Å²) >= 11 is 1.21. The Labute approximate surface area is 139 Å². The number of aryl methyl sites for hydroxylation is 1. The molecule has 0 spiro atoms. The van der Waals surface area contributed by atoms with E-state index in [9.17, 15) is 8.42 Å². The molecule has 7 nitrogen and oxygen atoms in total. The van der Waals surface area contributed by atoms with E-state index in [0.717, 1.165) is 5.69 Å². The van der Waals surface area contributed by atoms with Gasteiger partial charge in [-0.25, -0.2) is 18.4 Å². The first-order valence-electron chi connectivity index (χ1n) is 7.19. The van der Waals surface area contributed by atoms with Crippen molar-refractivity contribution >= 4 is 27.2 Å². The van der Waals surface area contributed by atoms with Gasteiger partial charge in [-0.05, 0) is 18.4 Å². The molecule has 0 bridgehead atoms. The highest BCUT2D eigenvalue weighted by Gasteiger charge is 2.37. The molecule has 1 N–H and O–H groups in total. The van der Waals surface area contributed by atoms with Gasteiger partial charge >= 0.3 is 0 Å². The van der Waals surface area contributed by atoms with Crippen molar-refractivity contribution in [2.24, 2.45) is 0 Å². The van der Waals surface area contributed by atoms with Gasteiger partial charge in [-0.1, -0.05) is 6.07 Å². The zero-order valence-corrected chi connectivity index (χ0v) is 14.5. The van der Waals surface area contributed by atoms with E-state index in [1.807, 2.05) is 13.0 Å². The lowest BCUT2D eigenvalue weighted by Crippen LogP contribution is -2.43. The van der Waals surface area contributed by atoms with Crippen LogP contribution in [0.25, 0.3) is 0 Å². The Kier molecular flexibility index (Phi) is 4.62. The van der Waals surface area contributed by atoms with Crippen molar-refractivity contribution in [3.05, 3.63) is 35.1 Å². The monoisotopic (exact) mass is 354 g/mol. The molecular formula is C14H18N4O3S2. The van der Waals surface area contributed by atoms with Gasteiger partial charge in [-0.2, -0.15) is 4.31 Å². The zero-order valence-electron chi connectivity index (χ0n) is 12.9. The fraction of sp³-hybridized carbons (Fsp3) is 0.429. The predicted molar refractivity (Wildman–Crippen MR) is 88.1 cm³/mol. The van der Waals surface area contributed by atoms with Gasteiger partial charge in [-0.15, -0.1) is 11.3 Å². The van der Waals surface area contributed by atoms with E-state index in [1.54, 1.807) is 24.6 Å². The van der Waals surface area contributed by atoms with Gasteiger partial charge in [0, 0.05) is 25.4 Å². The van der Waals surface area contributed by atoms with E-state index in [4.69, 9.17) is 4.74 Å². The minimum Gasteiger partial charge on any atom is -0.378 e. The summed E-state index contributed by atoms with van der Waals surface area (Å²) in [5.74, 6) is 1.11. The number of ether oxygens (including phenoxy) is 1. The molecular weight excluding hydrogens is 336 g/mol. The second-order valence-electron chi connectivity index (χ2n) is 5.14. The SMILES string of the molecule is CNc1cc(C)nc([C@H]2COCCN2S(=O)(=O)c2cccs2)n1. The van der Waals surface area contributed by atoms with Crippen molar-refractivity contribution < 1.29 is 13.2 Å². The van der Waals surface area contributed by atoms with Gasteiger partial charge in [0.25, 0.3) is 10.0 Å². The van der Waals surface area contributed by atoms with Crippen LogP contribution in [0.15, 0.2) is 27.8 Å². The molecule has 2 aromatic rings. The molecule has 1 aliphatic rings. The number of aromatic nitrogens is 2. The summed E-state index contributed by atoms with van der Waals surface area (Å²) in [7, 11) is -1.81. The molecule has 0 amide bonds. The van der Waals surface area contributed by atoms with Crippen molar-refractivity contribution in [3.8, 4) is 0 Å². The Hall–Kier alpha value is -1.55. The average molecular weight is 354 g/mol. The van der Waals surface area contributed by atoms with Crippen LogP contribution in [-0.4, -0.2) is 49.5 Å². The molecule has 3 rings (SSSR count). The van der Waals surface area contributed by atoms with E-state index < -0.39 is 16.1 Å². The van der Waals surface area contributed by atoms with Crippen LogP contribution in [0.4, 0.5) is 5.82 Å². The largest absolute Gasteiger partial charge is 0.378 e. The number of anilines is 1. The molecule has 0 aromatic carbocycles. The minimum atomic E-state index is -3.58. The number of nitrogens with zero attached hydrogens (tertiary/aromatic N) is 3. The molecule has 0 radical (unpaired) electrons. The molecule has 1 aliphatic heterocycles. The third-order valence-corrected chi connectivity index (χ3v) is 6.84. The van der Waals surface area contributed by atoms with Crippen LogP contribution in [0.2, 0.25) is 0 Å². The topological polar surface area (TPSA) is 84.4 Å². The Morgan fingerprint density at radius 2 is 2.26 bits per heavy atom. The number of nitrogens with one attached hydrogen (secondary N) is 1. The zero-order chi connectivity index (χ0) is 16.4. The van der Waals surface area contributed by atoms with Crippen molar-refractivity contribution in [1.82, 2.24) is 14.3 Å². The van der Waals surface area contributed by atoms with Gasteiger partial charge in [0.1, 0.15) is 16.1 Å². The number of hydrogen-bond donors (Lipinski definition) is 1. The van der Waals surface area contributed by atoms with Gasteiger partial charge in [0.2, 0.25) is 0 Å². The molecule has 0 aliphatic carbocycles. The van der Waals surface area contributed by atoms with Crippen molar-refractivity contribution in [2.75, 3.05) is 32.1 Å². The normalized spacial score (nSPS) is 19.7. The summed E-state index contributed by atoms with van der Waals surface area (Å²) in [5, 5.41) is 4.73. The van der Waals surface area contributed by atoms with Crippen LogP contribution >= 0.6 is 11.3 Å². The van der Waals surface area contributed by atoms with Crippen LogP contribution in [0.1, 0.15) is 17.6 Å². The lowest BCUT2D eigenvalue weighted by Gasteiger charge is -2.33. The lowest BCUT2D eigenvalue weighted by atomic mass is 10.2. The molecule has 1 fully saturated rings. The molecule has 3 heterocycles. The third-order valence-electron chi connectivity index (χ3n) is 3.56. The van der Waals surface area contributed by atoms with E-state index in [0.29, 0.717) is 22.5 Å². The van der Waals surface area contributed by atoms with Crippen LogP contribution in [0, 0.1) is 6.92 Å². The van der Waals surface area contributed by atoms with Crippen LogP contribution in [0.5, 0.6) is 0 Å². The quantitative estimate of drug-likeness (QED) is 0.899. The number of rotatable bonds is 4. The summed E-state index contributed by atoms with van der Waals surface area (Å²) < 4.78 is 33.0. The molecule has 9 heteroatoms. The maximum absolute atomic E-state index is 12.9. The first kappa shape index (κ1) is 16.3. The summed E-state index contributed by atoms with van der Waals surface area (Å²) in [6, 6.07) is 4.63. The third kappa shape index (κ3) is 3.23. The minimum absolute atomic E-state index is 0.247. The Bertz CT molecular complexity index is 777. The second-order valence-corrected chi connectivity index (χ2v) is 8.21. The molecule has 0 saturated carbocycles. The molecule has 124 valence electrons. The smallest absolute Gasteiger partial charge is 0.253 e. The highest BCUT2D eigenvalue weighted by atomic mass is 32.2. The maximum Gasteiger partial charge on any atom is 0.253 e. The summed E-state index contributed by atoms with van der Waals surface area (Å²) in [5.41, 5.74) is 0.776. The van der Waals surface area contributed by atoms with Crippen molar-refractivity contribution in [1.29, 1.82) is 0 Å². The lowest BCUT2D eigenvalue weighted by molar-refractivity contribution is 0.0290. The van der Waals surface area contributed by atoms with Gasteiger partial charge < -0.3 is 10.1 Å². The number of sulfonamides is 1. The fourth-order valence-electron chi connectivity index (χ4n) is 2.47. The van der Waals surface area contributed by atoms with Gasteiger partial charge in [-0.3, -0.25) is 0 Å². The Morgan fingerprint density at radius 3 is 2.96 bits per heavy atom. The highest BCUT2D eigenvalue weighted by Crippen LogP contribution is 2.31. The Balaban J connectivity index is 2.01. The fourth-order valence-corrected chi connectivity index (χ4v) is 5.15. The summed E-state index contributed by atoms with van der Waals surface area (Å²) in [6.07, 6.45) is 0. The molecule has 2 aromatic heterocycles. The molecule has 1 atom stereocenters. The van der Waals surface area contributed by atoms with Crippen molar-refractivity contribution in [2.45, 2.75) is 17.2 Å². The van der Waals surface area contributed by atoms with Gasteiger partial charge in [0.15, 0.2) is 5.82 Å². The molecule has 0 unspecified atom stereocenters. The highest BCUT2D eigenvalue weighted by molar-refractivity contribution is 7.91. The summed E-state index contributed by atoms with van der Waals surface area (Å²) in [6.45, 7) is 2.76. The maximum atomic E-state index is 12.9. The molecule has 1 saturated heterocycles. The standard InChI is InChI=1S/C14H18N4O3S2/c1-10-8-12(15-2)17-14(16-10)11-9-21-6-5-18(11)23(19,20)13-4-3-7-22-13/h3-4,7-8,11H,5-6,9H2,1-2H3,(H,15,16,17)/t11-/m1/s1. The van der Waals surface area contributed by atoms with E-state index in [-0.39, 0.29) is 13.2 Å².